The average molecular weight is 361 g/mol. The first kappa shape index (κ1) is 17.1. The van der Waals surface area contributed by atoms with Gasteiger partial charge in [-0.25, -0.2) is 9.67 Å². The van der Waals surface area contributed by atoms with Crippen LogP contribution in [-0.2, 0) is 4.74 Å². The molecule has 7 nitrogen and oxygen atoms in total. The fraction of sp³-hybridized carbons (Fsp3) is 0.250. The van der Waals surface area contributed by atoms with Gasteiger partial charge in [0.25, 0.3) is 0 Å². The largest absolute Gasteiger partial charge is 0.497 e. The Morgan fingerprint density at radius 3 is 2.81 bits per heavy atom. The maximum atomic E-state index is 9.48. The van der Waals surface area contributed by atoms with Gasteiger partial charge in [0, 0.05) is 24.3 Å². The van der Waals surface area contributed by atoms with Gasteiger partial charge in [0.15, 0.2) is 0 Å². The Labute approximate surface area is 157 Å². The second-order valence-corrected chi connectivity index (χ2v) is 6.40. The van der Waals surface area contributed by atoms with Crippen molar-refractivity contribution in [2.45, 2.75) is 12.3 Å². The number of anilines is 1. The Hall–Kier alpha value is -3.37. The van der Waals surface area contributed by atoms with Crippen LogP contribution in [0, 0.1) is 11.3 Å². The van der Waals surface area contributed by atoms with Gasteiger partial charge in [0.05, 0.1) is 36.9 Å². The zero-order valence-corrected chi connectivity index (χ0v) is 14.9. The van der Waals surface area contributed by atoms with Crippen molar-refractivity contribution in [2.24, 2.45) is 0 Å². The molecule has 1 fully saturated rings. The van der Waals surface area contributed by atoms with Crippen molar-refractivity contribution in [3.63, 3.8) is 0 Å². The number of hydrogen-bond acceptors (Lipinski definition) is 6. The summed E-state index contributed by atoms with van der Waals surface area (Å²) in [5, 5.41) is 13.9. The lowest BCUT2D eigenvalue weighted by atomic mass is 9.93. The van der Waals surface area contributed by atoms with E-state index in [4.69, 9.17) is 15.2 Å². The van der Waals surface area contributed by atoms with Crippen LogP contribution in [0.1, 0.15) is 23.5 Å². The molecular weight excluding hydrogens is 342 g/mol. The van der Waals surface area contributed by atoms with Gasteiger partial charge < -0.3 is 15.2 Å². The van der Waals surface area contributed by atoms with Crippen LogP contribution in [0.2, 0.25) is 0 Å². The van der Waals surface area contributed by atoms with Crippen molar-refractivity contribution in [1.29, 1.82) is 5.26 Å². The van der Waals surface area contributed by atoms with Crippen LogP contribution in [0.5, 0.6) is 5.75 Å². The summed E-state index contributed by atoms with van der Waals surface area (Å²) in [5.74, 6) is 1.20. The molecule has 2 N–H and O–H groups in total. The highest BCUT2D eigenvalue weighted by Crippen LogP contribution is 2.33. The zero-order valence-electron chi connectivity index (χ0n) is 14.9. The number of ether oxygens (including phenoxy) is 2. The van der Waals surface area contributed by atoms with Crippen molar-refractivity contribution >= 4 is 5.82 Å². The number of benzene rings is 1. The fourth-order valence-corrected chi connectivity index (χ4v) is 3.29. The molecule has 27 heavy (non-hydrogen) atoms. The molecule has 1 aliphatic heterocycles. The van der Waals surface area contributed by atoms with Crippen molar-refractivity contribution in [3.8, 4) is 28.8 Å². The normalized spacial score (nSPS) is 16.2. The number of nitrogen functional groups attached to an aromatic ring is 1. The molecule has 0 aliphatic carbocycles. The Balaban J connectivity index is 1.71. The lowest BCUT2D eigenvalue weighted by Gasteiger charge is -2.13. The predicted molar refractivity (Wildman–Crippen MR) is 101 cm³/mol. The highest BCUT2D eigenvalue weighted by molar-refractivity contribution is 5.66. The minimum Gasteiger partial charge on any atom is -0.497 e. The van der Waals surface area contributed by atoms with Crippen LogP contribution in [0.3, 0.4) is 0 Å². The number of nitrogens with two attached hydrogens (primary N) is 1. The summed E-state index contributed by atoms with van der Waals surface area (Å²) in [6, 6.07) is 11.7. The number of aromatic nitrogens is 3. The third-order valence-corrected chi connectivity index (χ3v) is 4.77. The molecule has 1 saturated heterocycles. The summed E-state index contributed by atoms with van der Waals surface area (Å²) in [6.07, 6.45) is 4.51. The molecule has 1 aromatic carbocycles. The van der Waals surface area contributed by atoms with Gasteiger partial charge in [-0.15, -0.1) is 0 Å². The molecule has 136 valence electrons. The van der Waals surface area contributed by atoms with Crippen LogP contribution in [0.25, 0.3) is 16.9 Å². The predicted octanol–water partition coefficient (Wildman–Crippen LogP) is 2.90. The molecule has 4 rings (SSSR count). The summed E-state index contributed by atoms with van der Waals surface area (Å²) in [5.41, 5.74) is 9.86. The molecule has 2 aromatic heterocycles. The highest BCUT2D eigenvalue weighted by Gasteiger charge is 2.24. The summed E-state index contributed by atoms with van der Waals surface area (Å²) < 4.78 is 12.4. The second-order valence-electron chi connectivity index (χ2n) is 6.40. The van der Waals surface area contributed by atoms with Crippen molar-refractivity contribution in [1.82, 2.24) is 14.8 Å². The lowest BCUT2D eigenvalue weighted by molar-refractivity contribution is 0.194. The second kappa shape index (κ2) is 7.09. The number of pyridine rings is 1. The van der Waals surface area contributed by atoms with E-state index in [0.29, 0.717) is 24.5 Å². The minimum atomic E-state index is 0.167. The molecule has 1 atom stereocenters. The monoisotopic (exact) mass is 361 g/mol. The van der Waals surface area contributed by atoms with Crippen LogP contribution >= 0.6 is 0 Å². The Bertz CT molecular complexity index is 998. The topological polar surface area (TPSA) is 99.0 Å². The van der Waals surface area contributed by atoms with E-state index >= 15 is 0 Å². The quantitative estimate of drug-likeness (QED) is 0.767. The Morgan fingerprint density at radius 1 is 1.33 bits per heavy atom. The van der Waals surface area contributed by atoms with E-state index in [9.17, 15) is 5.26 Å². The molecule has 0 saturated carbocycles. The Kier molecular flexibility index (Phi) is 4.48. The van der Waals surface area contributed by atoms with Crippen molar-refractivity contribution in [3.05, 3.63) is 53.9 Å². The van der Waals surface area contributed by atoms with Crippen molar-refractivity contribution < 1.29 is 9.47 Å². The van der Waals surface area contributed by atoms with E-state index in [1.807, 2.05) is 36.5 Å². The van der Waals surface area contributed by atoms with Gasteiger partial charge in [0.1, 0.15) is 17.6 Å². The SMILES string of the molecule is COc1ccc(-n2cc(-c3cc(C4CCOC4)c(C#N)c(N)n3)cn2)cc1. The summed E-state index contributed by atoms with van der Waals surface area (Å²) in [7, 11) is 1.63. The maximum absolute atomic E-state index is 9.48. The van der Waals surface area contributed by atoms with E-state index in [1.165, 1.54) is 0 Å². The highest BCUT2D eigenvalue weighted by atomic mass is 16.5. The van der Waals surface area contributed by atoms with E-state index < -0.39 is 0 Å². The molecule has 0 amide bonds. The number of rotatable bonds is 4. The van der Waals surface area contributed by atoms with E-state index in [2.05, 4.69) is 16.2 Å². The van der Waals surface area contributed by atoms with Crippen LogP contribution in [0.15, 0.2) is 42.7 Å². The molecule has 3 aromatic rings. The average Bonchev–Trinajstić information content (AvgIpc) is 3.39. The van der Waals surface area contributed by atoms with Gasteiger partial charge in [-0.05, 0) is 42.3 Å². The first-order chi connectivity index (χ1) is 13.2. The molecule has 0 spiro atoms. The van der Waals surface area contributed by atoms with E-state index in [-0.39, 0.29) is 11.7 Å². The van der Waals surface area contributed by atoms with Gasteiger partial charge in [-0.2, -0.15) is 10.4 Å². The van der Waals surface area contributed by atoms with Gasteiger partial charge in [0.2, 0.25) is 0 Å². The smallest absolute Gasteiger partial charge is 0.142 e. The summed E-state index contributed by atoms with van der Waals surface area (Å²) >= 11 is 0. The minimum absolute atomic E-state index is 0.167. The first-order valence-electron chi connectivity index (χ1n) is 8.67. The van der Waals surface area contributed by atoms with Gasteiger partial charge in [-0.3, -0.25) is 0 Å². The molecule has 0 bridgehead atoms. The standard InChI is InChI=1S/C20H19N5O2/c1-26-16-4-2-15(3-5-16)25-11-14(10-23-25)19-8-17(13-6-7-27-12-13)18(9-21)20(22)24-19/h2-5,8,10-11,13H,6-7,12H2,1H3,(H2,22,24). The fourth-order valence-electron chi connectivity index (χ4n) is 3.29. The lowest BCUT2D eigenvalue weighted by Crippen LogP contribution is -2.06. The summed E-state index contributed by atoms with van der Waals surface area (Å²) in [4.78, 5) is 4.42. The number of nitriles is 1. The maximum Gasteiger partial charge on any atom is 0.142 e. The summed E-state index contributed by atoms with van der Waals surface area (Å²) in [6.45, 7) is 1.30. The number of methoxy groups -OCH3 is 1. The molecule has 7 heteroatoms. The van der Waals surface area contributed by atoms with E-state index in [0.717, 1.165) is 29.0 Å². The van der Waals surface area contributed by atoms with E-state index in [1.54, 1.807) is 18.0 Å². The molecule has 1 aliphatic rings. The first-order valence-corrected chi connectivity index (χ1v) is 8.67. The van der Waals surface area contributed by atoms with Crippen LogP contribution in [0.4, 0.5) is 5.82 Å². The van der Waals surface area contributed by atoms with Crippen LogP contribution in [-0.4, -0.2) is 35.1 Å². The molecule has 0 radical (unpaired) electrons. The number of hydrogen-bond donors (Lipinski definition) is 1. The van der Waals surface area contributed by atoms with Gasteiger partial charge in [-0.1, -0.05) is 0 Å². The third kappa shape index (κ3) is 3.23. The number of nitrogens with zero attached hydrogens (tertiary/aromatic N) is 4. The van der Waals surface area contributed by atoms with Gasteiger partial charge >= 0.3 is 0 Å². The third-order valence-electron chi connectivity index (χ3n) is 4.77. The molecular formula is C20H19N5O2. The van der Waals surface area contributed by atoms with Crippen LogP contribution < -0.4 is 10.5 Å². The zero-order chi connectivity index (χ0) is 18.8. The molecule has 1 unspecified atom stereocenters. The Morgan fingerprint density at radius 2 is 2.15 bits per heavy atom. The molecule has 3 heterocycles. The van der Waals surface area contributed by atoms with Crippen molar-refractivity contribution in [2.75, 3.05) is 26.1 Å².